The van der Waals surface area contributed by atoms with E-state index < -0.39 is 0 Å². The second-order valence-electron chi connectivity index (χ2n) is 9.21. The second-order valence-corrected chi connectivity index (χ2v) is 9.21. The fraction of sp³-hybridized carbons (Fsp3) is 0.500. The molecule has 0 unspecified atom stereocenters. The van der Waals surface area contributed by atoms with E-state index in [0.29, 0.717) is 26.0 Å². The van der Waals surface area contributed by atoms with Gasteiger partial charge in [0.15, 0.2) is 0 Å². The maximum atomic E-state index is 12.2. The number of nitrogens with one attached hydrogen (secondary N) is 1. The molecular weight excluding hydrogens is 388 g/mol. The van der Waals surface area contributed by atoms with E-state index in [4.69, 9.17) is 9.47 Å². The number of morpholine rings is 1. The first-order valence-electron chi connectivity index (χ1n) is 11.3. The number of hydrogen-bond acceptors (Lipinski definition) is 4. The van der Waals surface area contributed by atoms with E-state index in [-0.39, 0.29) is 11.3 Å². The Bertz CT molecular complexity index is 821. The molecule has 0 spiro atoms. The first-order valence-corrected chi connectivity index (χ1v) is 11.3. The minimum Gasteiger partial charge on any atom is -0.494 e. The maximum absolute atomic E-state index is 12.2. The van der Waals surface area contributed by atoms with Crippen LogP contribution in [-0.2, 0) is 28.0 Å². The lowest BCUT2D eigenvalue weighted by Gasteiger charge is -2.26. The van der Waals surface area contributed by atoms with E-state index >= 15 is 0 Å². The highest BCUT2D eigenvalue weighted by molar-refractivity contribution is 5.75. The molecule has 1 aliphatic heterocycles. The molecule has 31 heavy (non-hydrogen) atoms. The Balaban J connectivity index is 1.34. The number of benzene rings is 2. The first-order chi connectivity index (χ1) is 14.9. The molecule has 1 heterocycles. The topological polar surface area (TPSA) is 50.8 Å². The lowest BCUT2D eigenvalue weighted by atomic mass is 9.87. The third-order valence-corrected chi connectivity index (χ3v) is 5.53. The van der Waals surface area contributed by atoms with Crippen LogP contribution in [0.2, 0.25) is 0 Å². The van der Waals surface area contributed by atoms with Crippen molar-refractivity contribution in [1.82, 2.24) is 10.2 Å². The van der Waals surface area contributed by atoms with Crippen molar-refractivity contribution in [3.05, 3.63) is 65.2 Å². The van der Waals surface area contributed by atoms with Gasteiger partial charge in [-0.3, -0.25) is 9.69 Å². The van der Waals surface area contributed by atoms with E-state index in [1.54, 1.807) is 0 Å². The van der Waals surface area contributed by atoms with Crippen LogP contribution < -0.4 is 10.1 Å². The largest absolute Gasteiger partial charge is 0.494 e. The smallest absolute Gasteiger partial charge is 0.220 e. The van der Waals surface area contributed by atoms with Gasteiger partial charge in [0.1, 0.15) is 5.75 Å². The summed E-state index contributed by atoms with van der Waals surface area (Å²) in [4.78, 5) is 14.6. The number of carbonyl (C=O) groups excluding carboxylic acids is 1. The highest BCUT2D eigenvalue weighted by Crippen LogP contribution is 2.24. The molecule has 2 aromatic rings. The molecule has 0 bridgehead atoms. The Labute approximate surface area is 186 Å². The van der Waals surface area contributed by atoms with E-state index in [0.717, 1.165) is 44.2 Å². The standard InChI is InChI=1S/C26H36N2O3/c1-26(2,3)23-9-11-24(12-10-23)31-15-5-8-25(29)27-19-21-6-4-7-22(18-21)20-28-13-16-30-17-14-28/h4,6-7,9-12,18H,5,8,13-17,19-20H2,1-3H3,(H,27,29). The van der Waals surface area contributed by atoms with Gasteiger partial charge in [-0.25, -0.2) is 0 Å². The lowest BCUT2D eigenvalue weighted by molar-refractivity contribution is -0.121. The van der Waals surface area contributed by atoms with Gasteiger partial charge in [-0.1, -0.05) is 57.2 Å². The molecule has 1 fully saturated rings. The van der Waals surface area contributed by atoms with Crippen LogP contribution in [0.3, 0.4) is 0 Å². The summed E-state index contributed by atoms with van der Waals surface area (Å²) in [7, 11) is 0. The Morgan fingerprint density at radius 2 is 1.77 bits per heavy atom. The summed E-state index contributed by atoms with van der Waals surface area (Å²) in [6.07, 6.45) is 1.16. The van der Waals surface area contributed by atoms with Crippen molar-refractivity contribution in [2.45, 2.75) is 52.1 Å². The molecule has 168 valence electrons. The average Bonchev–Trinajstić information content (AvgIpc) is 2.76. The molecule has 5 nitrogen and oxygen atoms in total. The molecule has 1 saturated heterocycles. The average molecular weight is 425 g/mol. The molecule has 0 atom stereocenters. The maximum Gasteiger partial charge on any atom is 0.220 e. The number of hydrogen-bond donors (Lipinski definition) is 1. The molecule has 0 radical (unpaired) electrons. The third kappa shape index (κ3) is 8.00. The predicted molar refractivity (Wildman–Crippen MR) is 124 cm³/mol. The summed E-state index contributed by atoms with van der Waals surface area (Å²) in [5.41, 5.74) is 3.83. The molecule has 0 saturated carbocycles. The van der Waals surface area contributed by atoms with Crippen molar-refractivity contribution in [2.75, 3.05) is 32.9 Å². The summed E-state index contributed by atoms with van der Waals surface area (Å²) < 4.78 is 11.2. The van der Waals surface area contributed by atoms with Gasteiger partial charge < -0.3 is 14.8 Å². The van der Waals surface area contributed by atoms with Crippen LogP contribution in [0, 0.1) is 0 Å². The molecule has 0 aromatic heterocycles. The summed E-state index contributed by atoms with van der Waals surface area (Å²) in [6.45, 7) is 12.2. The van der Waals surface area contributed by atoms with E-state index in [2.05, 4.69) is 67.4 Å². The Kier molecular flexibility index (Phi) is 8.50. The fourth-order valence-electron chi connectivity index (χ4n) is 3.62. The van der Waals surface area contributed by atoms with Crippen molar-refractivity contribution in [2.24, 2.45) is 0 Å². The second kappa shape index (κ2) is 11.3. The van der Waals surface area contributed by atoms with Crippen LogP contribution in [0.5, 0.6) is 5.75 Å². The van der Waals surface area contributed by atoms with Gasteiger partial charge in [0.05, 0.1) is 19.8 Å². The van der Waals surface area contributed by atoms with Crippen molar-refractivity contribution in [3.8, 4) is 5.75 Å². The first kappa shape index (κ1) is 23.3. The van der Waals surface area contributed by atoms with E-state index in [1.807, 2.05) is 12.1 Å². The predicted octanol–water partition coefficient (Wildman–Crippen LogP) is 4.29. The minimum absolute atomic E-state index is 0.0604. The van der Waals surface area contributed by atoms with Gasteiger partial charge in [-0.05, 0) is 40.7 Å². The zero-order valence-electron chi connectivity index (χ0n) is 19.2. The number of amides is 1. The normalized spacial score (nSPS) is 14.9. The van der Waals surface area contributed by atoms with Crippen LogP contribution in [0.15, 0.2) is 48.5 Å². The summed E-state index contributed by atoms with van der Waals surface area (Å²) in [6, 6.07) is 16.7. The van der Waals surface area contributed by atoms with Gasteiger partial charge in [0.2, 0.25) is 5.91 Å². The molecule has 0 aliphatic carbocycles. The van der Waals surface area contributed by atoms with Crippen molar-refractivity contribution in [3.63, 3.8) is 0 Å². The molecule has 1 aliphatic rings. The van der Waals surface area contributed by atoms with Crippen LogP contribution in [0.25, 0.3) is 0 Å². The monoisotopic (exact) mass is 424 g/mol. The van der Waals surface area contributed by atoms with Crippen LogP contribution in [0.1, 0.15) is 50.3 Å². The van der Waals surface area contributed by atoms with Crippen LogP contribution in [0.4, 0.5) is 0 Å². The fourth-order valence-corrected chi connectivity index (χ4v) is 3.62. The Hall–Kier alpha value is -2.37. The Morgan fingerprint density at radius 1 is 1.06 bits per heavy atom. The SMILES string of the molecule is CC(C)(C)c1ccc(OCCCC(=O)NCc2cccc(CN3CCOCC3)c2)cc1. The van der Waals surface area contributed by atoms with Crippen LogP contribution >= 0.6 is 0 Å². The van der Waals surface area contributed by atoms with Crippen LogP contribution in [-0.4, -0.2) is 43.7 Å². The van der Waals surface area contributed by atoms with Gasteiger partial charge in [0, 0.05) is 32.6 Å². The summed E-state index contributed by atoms with van der Waals surface area (Å²) in [5, 5.41) is 3.02. The minimum atomic E-state index is 0.0604. The van der Waals surface area contributed by atoms with Crippen molar-refractivity contribution < 1.29 is 14.3 Å². The zero-order valence-corrected chi connectivity index (χ0v) is 19.2. The quantitative estimate of drug-likeness (QED) is 0.610. The zero-order chi connectivity index (χ0) is 22.1. The highest BCUT2D eigenvalue weighted by Gasteiger charge is 2.13. The third-order valence-electron chi connectivity index (χ3n) is 5.53. The molecular formula is C26H36N2O3. The number of carbonyl (C=O) groups is 1. The van der Waals surface area contributed by atoms with Crippen molar-refractivity contribution in [1.29, 1.82) is 0 Å². The van der Waals surface area contributed by atoms with Gasteiger partial charge in [0.25, 0.3) is 0 Å². The van der Waals surface area contributed by atoms with E-state index in [1.165, 1.54) is 11.1 Å². The van der Waals surface area contributed by atoms with E-state index in [9.17, 15) is 4.79 Å². The lowest BCUT2D eigenvalue weighted by Crippen LogP contribution is -2.35. The Morgan fingerprint density at radius 3 is 2.48 bits per heavy atom. The molecule has 1 amide bonds. The van der Waals surface area contributed by atoms with Crippen molar-refractivity contribution >= 4 is 5.91 Å². The summed E-state index contributed by atoms with van der Waals surface area (Å²) in [5.74, 6) is 0.913. The number of rotatable bonds is 9. The highest BCUT2D eigenvalue weighted by atomic mass is 16.5. The molecule has 1 N–H and O–H groups in total. The van der Waals surface area contributed by atoms with Gasteiger partial charge in [-0.15, -0.1) is 0 Å². The molecule has 2 aromatic carbocycles. The molecule has 3 rings (SSSR count). The number of nitrogens with zero attached hydrogens (tertiary/aromatic N) is 1. The number of ether oxygens (including phenoxy) is 2. The summed E-state index contributed by atoms with van der Waals surface area (Å²) >= 11 is 0. The van der Waals surface area contributed by atoms with Gasteiger partial charge in [-0.2, -0.15) is 0 Å². The van der Waals surface area contributed by atoms with Gasteiger partial charge >= 0.3 is 0 Å². The molecule has 5 heteroatoms.